The van der Waals surface area contributed by atoms with Crippen LogP contribution in [0.3, 0.4) is 0 Å². The van der Waals surface area contributed by atoms with Gasteiger partial charge < -0.3 is 0 Å². The van der Waals surface area contributed by atoms with E-state index in [9.17, 15) is 0 Å². The zero-order valence-corrected chi connectivity index (χ0v) is 11.8. The van der Waals surface area contributed by atoms with Crippen LogP contribution in [0.25, 0.3) is 0 Å². The predicted octanol–water partition coefficient (Wildman–Crippen LogP) is 4.08. The van der Waals surface area contributed by atoms with Gasteiger partial charge in [0.15, 0.2) is 0 Å². The second-order valence-corrected chi connectivity index (χ2v) is 5.49. The molecule has 4 rings (SSSR count). The van der Waals surface area contributed by atoms with Crippen molar-refractivity contribution in [2.45, 2.75) is 12.1 Å². The van der Waals surface area contributed by atoms with Crippen LogP contribution in [-0.4, -0.2) is 0 Å². The lowest BCUT2D eigenvalue weighted by molar-refractivity contribution is 0.519. The molecule has 0 aromatic heterocycles. The molecule has 102 valence electrons. The van der Waals surface area contributed by atoms with Crippen molar-refractivity contribution in [3.63, 3.8) is 0 Å². The first-order valence-corrected chi connectivity index (χ1v) is 7.36. The van der Waals surface area contributed by atoms with Crippen molar-refractivity contribution in [2.24, 2.45) is 0 Å². The maximum atomic E-state index is 3.77. The number of benzene rings is 3. The van der Waals surface area contributed by atoms with E-state index < -0.39 is 0 Å². The molecule has 0 unspecified atom stereocenters. The zero-order chi connectivity index (χ0) is 14.1. The van der Waals surface area contributed by atoms with Crippen LogP contribution in [0.2, 0.25) is 0 Å². The van der Waals surface area contributed by atoms with Crippen LogP contribution < -0.4 is 5.32 Å². The third-order valence-corrected chi connectivity index (χ3v) is 4.38. The number of nitrogens with one attached hydrogen (secondary N) is 1. The van der Waals surface area contributed by atoms with Gasteiger partial charge in [0.05, 0.1) is 5.54 Å². The maximum absolute atomic E-state index is 3.77. The van der Waals surface area contributed by atoms with E-state index in [4.69, 9.17) is 0 Å². The van der Waals surface area contributed by atoms with E-state index in [1.54, 1.807) is 0 Å². The van der Waals surface area contributed by atoms with Gasteiger partial charge in [-0.05, 0) is 22.3 Å². The molecule has 0 atom stereocenters. The van der Waals surface area contributed by atoms with Crippen molar-refractivity contribution in [1.29, 1.82) is 0 Å². The summed E-state index contributed by atoms with van der Waals surface area (Å²) in [5.41, 5.74) is 5.09. The van der Waals surface area contributed by atoms with Gasteiger partial charge in [-0.1, -0.05) is 84.9 Å². The highest BCUT2D eigenvalue weighted by molar-refractivity contribution is 5.54. The molecule has 1 nitrogen and oxygen atoms in total. The Morgan fingerprint density at radius 2 is 1.14 bits per heavy atom. The average Bonchev–Trinajstić information content (AvgIpc) is 2.97. The number of hydrogen-bond acceptors (Lipinski definition) is 1. The van der Waals surface area contributed by atoms with Gasteiger partial charge in [0.1, 0.15) is 0 Å². The van der Waals surface area contributed by atoms with Gasteiger partial charge in [-0.3, -0.25) is 5.32 Å². The summed E-state index contributed by atoms with van der Waals surface area (Å²) < 4.78 is 0. The Kier molecular flexibility index (Phi) is 2.87. The monoisotopic (exact) mass is 271 g/mol. The molecule has 0 saturated heterocycles. The quantitative estimate of drug-likeness (QED) is 0.740. The summed E-state index contributed by atoms with van der Waals surface area (Å²) in [4.78, 5) is 0. The van der Waals surface area contributed by atoms with E-state index in [0.29, 0.717) is 0 Å². The fourth-order valence-electron chi connectivity index (χ4n) is 3.42. The Bertz CT molecular complexity index is 708. The smallest absolute Gasteiger partial charge is 0.0953 e. The Labute approximate surface area is 125 Å². The fourth-order valence-corrected chi connectivity index (χ4v) is 3.42. The molecule has 3 aromatic carbocycles. The molecule has 0 bridgehead atoms. The Morgan fingerprint density at radius 1 is 0.619 bits per heavy atom. The van der Waals surface area contributed by atoms with Gasteiger partial charge in [-0.25, -0.2) is 0 Å². The molecule has 21 heavy (non-hydrogen) atoms. The summed E-state index contributed by atoms with van der Waals surface area (Å²) in [6.07, 6.45) is 0. The molecule has 0 radical (unpaired) electrons. The van der Waals surface area contributed by atoms with E-state index in [2.05, 4.69) is 90.2 Å². The average molecular weight is 271 g/mol. The van der Waals surface area contributed by atoms with Gasteiger partial charge >= 0.3 is 0 Å². The topological polar surface area (TPSA) is 12.0 Å². The van der Waals surface area contributed by atoms with E-state index in [0.717, 1.165) is 6.54 Å². The van der Waals surface area contributed by atoms with Crippen LogP contribution in [0.4, 0.5) is 0 Å². The Balaban J connectivity index is 2.02. The van der Waals surface area contributed by atoms with E-state index in [1.807, 2.05) is 0 Å². The van der Waals surface area contributed by atoms with Crippen LogP contribution >= 0.6 is 0 Å². The van der Waals surface area contributed by atoms with Gasteiger partial charge in [-0.2, -0.15) is 0 Å². The van der Waals surface area contributed by atoms with Crippen molar-refractivity contribution in [3.8, 4) is 0 Å². The molecule has 1 aliphatic heterocycles. The van der Waals surface area contributed by atoms with E-state index in [1.165, 1.54) is 22.3 Å². The van der Waals surface area contributed by atoms with Gasteiger partial charge in [-0.15, -0.1) is 0 Å². The Morgan fingerprint density at radius 3 is 1.76 bits per heavy atom. The van der Waals surface area contributed by atoms with Gasteiger partial charge in [0.2, 0.25) is 0 Å². The minimum atomic E-state index is -0.237. The third-order valence-electron chi connectivity index (χ3n) is 4.38. The lowest BCUT2D eigenvalue weighted by Gasteiger charge is -2.32. The molecular weight excluding hydrogens is 254 g/mol. The molecular formula is C20H17N. The van der Waals surface area contributed by atoms with E-state index >= 15 is 0 Å². The Hall–Kier alpha value is -2.38. The molecule has 0 fully saturated rings. The minimum absolute atomic E-state index is 0.237. The normalized spacial score (nSPS) is 15.6. The lowest BCUT2D eigenvalue weighted by Crippen LogP contribution is -2.39. The summed E-state index contributed by atoms with van der Waals surface area (Å²) in [5.74, 6) is 0. The lowest BCUT2D eigenvalue weighted by atomic mass is 9.78. The van der Waals surface area contributed by atoms with E-state index in [-0.39, 0.29) is 5.54 Å². The summed E-state index contributed by atoms with van der Waals surface area (Å²) in [7, 11) is 0. The van der Waals surface area contributed by atoms with Crippen LogP contribution in [-0.2, 0) is 12.1 Å². The first-order chi connectivity index (χ1) is 10.4. The summed E-state index contributed by atoms with van der Waals surface area (Å²) in [6.45, 7) is 0.903. The van der Waals surface area contributed by atoms with Crippen LogP contribution in [0.5, 0.6) is 0 Å². The highest BCUT2D eigenvalue weighted by atomic mass is 15.0. The predicted molar refractivity (Wildman–Crippen MR) is 86.0 cm³/mol. The number of rotatable bonds is 2. The number of fused-ring (bicyclic) bond motifs is 1. The van der Waals surface area contributed by atoms with Crippen molar-refractivity contribution >= 4 is 0 Å². The second kappa shape index (κ2) is 4.87. The van der Waals surface area contributed by atoms with Crippen molar-refractivity contribution in [1.82, 2.24) is 5.32 Å². The second-order valence-electron chi connectivity index (χ2n) is 5.49. The molecule has 1 heterocycles. The largest absolute Gasteiger partial charge is 0.296 e. The van der Waals surface area contributed by atoms with Crippen molar-refractivity contribution in [2.75, 3.05) is 0 Å². The number of hydrogen-bond donors (Lipinski definition) is 1. The molecule has 0 amide bonds. The van der Waals surface area contributed by atoms with Gasteiger partial charge in [0, 0.05) is 6.54 Å². The SMILES string of the molecule is c1ccc(C2(c3ccccc3)NCc3ccccc32)cc1. The molecule has 0 saturated carbocycles. The standard InChI is InChI=1S/C20H17N/c1-3-10-17(11-4-1)20(18-12-5-2-6-13-18)19-14-8-7-9-16(19)15-21-20/h1-14,21H,15H2. The molecule has 1 heteroatoms. The van der Waals surface area contributed by atoms with Crippen molar-refractivity contribution < 1.29 is 0 Å². The van der Waals surface area contributed by atoms with Gasteiger partial charge in [0.25, 0.3) is 0 Å². The highest BCUT2D eigenvalue weighted by Gasteiger charge is 2.41. The van der Waals surface area contributed by atoms with Crippen LogP contribution in [0, 0.1) is 0 Å². The van der Waals surface area contributed by atoms with Crippen molar-refractivity contribution in [3.05, 3.63) is 107 Å². The first-order valence-electron chi connectivity index (χ1n) is 7.36. The maximum Gasteiger partial charge on any atom is 0.0953 e. The zero-order valence-electron chi connectivity index (χ0n) is 11.8. The summed E-state index contributed by atoms with van der Waals surface area (Å²) in [5, 5.41) is 3.77. The first kappa shape index (κ1) is 12.4. The molecule has 1 N–H and O–H groups in total. The molecule has 1 aliphatic rings. The summed E-state index contributed by atoms with van der Waals surface area (Å²) >= 11 is 0. The minimum Gasteiger partial charge on any atom is -0.296 e. The molecule has 0 aliphatic carbocycles. The van der Waals surface area contributed by atoms with Crippen LogP contribution in [0.1, 0.15) is 22.3 Å². The third kappa shape index (κ3) is 1.82. The summed E-state index contributed by atoms with van der Waals surface area (Å²) in [6, 6.07) is 30.2. The fraction of sp³-hybridized carbons (Fsp3) is 0.100. The molecule has 3 aromatic rings. The van der Waals surface area contributed by atoms with Crippen LogP contribution in [0.15, 0.2) is 84.9 Å². The highest BCUT2D eigenvalue weighted by Crippen LogP contribution is 2.42. The molecule has 0 spiro atoms.